The van der Waals surface area contributed by atoms with E-state index in [-0.39, 0.29) is 33.7 Å². The molecule has 3 aromatic rings. The number of rotatable bonds is 1. The van der Waals surface area contributed by atoms with Crippen molar-refractivity contribution in [2.24, 2.45) is 10.8 Å². The van der Waals surface area contributed by atoms with Crippen molar-refractivity contribution < 1.29 is 27.9 Å². The summed E-state index contributed by atoms with van der Waals surface area (Å²) >= 11 is 0. The molecule has 0 radical (unpaired) electrons. The molecule has 0 bridgehead atoms. The lowest BCUT2D eigenvalue weighted by molar-refractivity contribution is -0.145. The maximum Gasteiger partial charge on any atom is 0.450 e. The van der Waals surface area contributed by atoms with E-state index < -0.39 is 22.8 Å². The number of hydrogen-bond acceptors (Lipinski definition) is 4. The lowest BCUT2D eigenvalue weighted by Gasteiger charge is -2.30. The third-order valence-electron chi connectivity index (χ3n) is 7.46. The number of hydrogen-bond donors (Lipinski definition) is 1. The predicted octanol–water partition coefficient (Wildman–Crippen LogP) is 9.43. The van der Waals surface area contributed by atoms with Crippen LogP contribution in [0, 0.1) is 10.8 Å². The van der Waals surface area contributed by atoms with Gasteiger partial charge in [-0.15, -0.1) is 0 Å². The number of ketones is 2. The summed E-state index contributed by atoms with van der Waals surface area (Å²) in [5.74, 6) is -0.908. The summed E-state index contributed by atoms with van der Waals surface area (Å²) in [7, 11) is 0. The smallest absolute Gasteiger partial charge is 0.450 e. The molecule has 5 nitrogen and oxygen atoms in total. The van der Waals surface area contributed by atoms with Gasteiger partial charge in [-0.05, 0) is 58.1 Å². The number of carbonyl (C=O) groups is 2. The van der Waals surface area contributed by atoms with Gasteiger partial charge in [0.05, 0.1) is 11.0 Å². The van der Waals surface area contributed by atoms with Crippen LogP contribution >= 0.6 is 0 Å². The van der Waals surface area contributed by atoms with Gasteiger partial charge in [-0.3, -0.25) is 14.2 Å². The van der Waals surface area contributed by atoms with E-state index in [1.54, 1.807) is 36.4 Å². The standard InChI is InChI=1S/C22H25F3N2O.C14H20O2/c1-20(2,3)14-11-13(12-15(18(14)28)21(4,5)6)27-17-10-8-7-9-16(17)26-19(27)22(23,24)25;1-13(2,3)10-7-9(15)8-11(12(10)16)14(4,5)6/h7-12,28H,1-6H3;7-8H,1-6H3. The molecule has 0 unspecified atom stereocenters. The summed E-state index contributed by atoms with van der Waals surface area (Å²) in [5, 5.41) is 10.9. The number of nitrogens with zero attached hydrogens (tertiary/aromatic N) is 2. The highest BCUT2D eigenvalue weighted by atomic mass is 19.4. The van der Waals surface area contributed by atoms with E-state index in [2.05, 4.69) is 4.98 Å². The number of halogens is 3. The Kier molecular flexibility index (Phi) is 8.98. The number of Topliss-reactive ketones (excluding diaryl/α,β-unsaturated/α-hetero) is 1. The fourth-order valence-corrected chi connectivity index (χ4v) is 5.09. The second kappa shape index (κ2) is 11.4. The molecule has 1 aliphatic carbocycles. The highest BCUT2D eigenvalue weighted by molar-refractivity contribution is 6.21. The number of aromatic nitrogens is 2. The summed E-state index contributed by atoms with van der Waals surface area (Å²) in [6.45, 7) is 23.3. The Balaban J connectivity index is 0.000000281. The molecule has 0 saturated carbocycles. The Labute approximate surface area is 258 Å². The molecule has 0 atom stereocenters. The zero-order chi connectivity index (χ0) is 33.8. The zero-order valence-electron chi connectivity index (χ0n) is 27.9. The van der Waals surface area contributed by atoms with Gasteiger partial charge in [0.2, 0.25) is 5.82 Å². The lowest BCUT2D eigenvalue weighted by atomic mass is 9.72. The molecule has 0 aliphatic heterocycles. The number of phenols is 1. The summed E-state index contributed by atoms with van der Waals surface area (Å²) in [6, 6.07) is 9.81. The van der Waals surface area contributed by atoms with Crippen LogP contribution in [0.5, 0.6) is 5.75 Å². The van der Waals surface area contributed by atoms with Gasteiger partial charge in [0.25, 0.3) is 0 Å². The average Bonchev–Trinajstić information content (AvgIpc) is 3.23. The monoisotopic (exact) mass is 610 g/mol. The molecule has 0 fully saturated rings. The minimum absolute atomic E-state index is 0.0135. The molecule has 0 spiro atoms. The highest BCUT2D eigenvalue weighted by Gasteiger charge is 2.39. The second-order valence-electron chi connectivity index (χ2n) is 15.5. The molecule has 44 heavy (non-hydrogen) atoms. The largest absolute Gasteiger partial charge is 0.507 e. The van der Waals surface area contributed by atoms with Crippen molar-refractivity contribution in [3.63, 3.8) is 0 Å². The van der Waals surface area contributed by atoms with Crippen LogP contribution in [0.3, 0.4) is 0 Å². The first-order valence-electron chi connectivity index (χ1n) is 14.7. The van der Waals surface area contributed by atoms with Gasteiger partial charge in [0.15, 0.2) is 11.6 Å². The maximum absolute atomic E-state index is 13.8. The molecule has 238 valence electrons. The number of fused-ring (bicyclic) bond motifs is 1. The number of alkyl halides is 3. The van der Waals surface area contributed by atoms with Gasteiger partial charge in [0, 0.05) is 28.0 Å². The Morgan fingerprint density at radius 3 is 1.50 bits per heavy atom. The second-order valence-corrected chi connectivity index (χ2v) is 15.5. The first kappa shape index (κ1) is 34.8. The topological polar surface area (TPSA) is 72.2 Å². The molecule has 1 heterocycles. The van der Waals surface area contributed by atoms with Gasteiger partial charge in [0.1, 0.15) is 5.75 Å². The molecule has 1 aromatic heterocycles. The number of allylic oxidation sites excluding steroid dienone is 4. The summed E-state index contributed by atoms with van der Waals surface area (Å²) < 4.78 is 42.5. The average molecular weight is 611 g/mol. The summed E-state index contributed by atoms with van der Waals surface area (Å²) in [4.78, 5) is 27.7. The minimum Gasteiger partial charge on any atom is -0.507 e. The van der Waals surface area contributed by atoms with Crippen molar-refractivity contribution in [2.45, 2.75) is 100 Å². The Morgan fingerprint density at radius 2 is 1.11 bits per heavy atom. The number of para-hydroxylation sites is 2. The SMILES string of the molecule is CC(C)(C)C1=CC(=O)C=C(C(C)(C)C)C1=O.CC(C)(C)c1cc(-n2c(C(F)(F)F)nc3ccccc32)cc(C(C)(C)C)c1O. The molecule has 1 aliphatic rings. The molecule has 8 heteroatoms. The fourth-order valence-electron chi connectivity index (χ4n) is 5.09. The highest BCUT2D eigenvalue weighted by Crippen LogP contribution is 2.43. The van der Waals surface area contributed by atoms with Crippen molar-refractivity contribution in [1.29, 1.82) is 0 Å². The van der Waals surface area contributed by atoms with Crippen LogP contribution in [0.15, 0.2) is 59.7 Å². The number of carbonyl (C=O) groups excluding carboxylic acids is 2. The molecule has 0 amide bonds. The molecule has 0 saturated heterocycles. The van der Waals surface area contributed by atoms with E-state index >= 15 is 0 Å². The van der Waals surface area contributed by atoms with Crippen molar-refractivity contribution in [2.75, 3.05) is 0 Å². The maximum atomic E-state index is 13.8. The third-order valence-corrected chi connectivity index (χ3v) is 7.46. The van der Waals surface area contributed by atoms with Crippen LogP contribution in [0.25, 0.3) is 16.7 Å². The molecular formula is C36H45F3N2O3. The number of aromatic hydroxyl groups is 1. The molecule has 1 N–H and O–H groups in total. The van der Waals surface area contributed by atoms with Gasteiger partial charge >= 0.3 is 6.18 Å². The molecule has 2 aromatic carbocycles. The van der Waals surface area contributed by atoms with Crippen LogP contribution < -0.4 is 0 Å². The first-order chi connectivity index (χ1) is 19.7. The van der Waals surface area contributed by atoms with Crippen molar-refractivity contribution in [1.82, 2.24) is 9.55 Å². The number of phenolic OH excluding ortho intramolecular Hbond substituents is 1. The third kappa shape index (κ3) is 7.33. The quantitative estimate of drug-likeness (QED) is 0.279. The van der Waals surface area contributed by atoms with Crippen LogP contribution in [0.2, 0.25) is 0 Å². The van der Waals surface area contributed by atoms with Gasteiger partial charge in [-0.25, -0.2) is 4.98 Å². The fraction of sp³-hybridized carbons (Fsp3) is 0.472. The summed E-state index contributed by atoms with van der Waals surface area (Å²) in [5.41, 5.74) is 1.96. The minimum atomic E-state index is -4.61. The van der Waals surface area contributed by atoms with Gasteiger partial charge in [-0.1, -0.05) is 95.2 Å². The predicted molar refractivity (Wildman–Crippen MR) is 170 cm³/mol. The van der Waals surface area contributed by atoms with Crippen molar-refractivity contribution in [3.8, 4) is 11.4 Å². The number of benzene rings is 2. The number of imidazole rings is 1. The molecular weight excluding hydrogens is 565 g/mol. The first-order valence-corrected chi connectivity index (χ1v) is 14.7. The zero-order valence-corrected chi connectivity index (χ0v) is 27.9. The van der Waals surface area contributed by atoms with Crippen LogP contribution in [-0.4, -0.2) is 26.2 Å². The Bertz CT molecular complexity index is 1590. The van der Waals surface area contributed by atoms with Crippen LogP contribution in [-0.2, 0) is 26.6 Å². The Morgan fingerprint density at radius 1 is 0.682 bits per heavy atom. The van der Waals surface area contributed by atoms with Crippen molar-refractivity contribution >= 4 is 22.6 Å². The summed E-state index contributed by atoms with van der Waals surface area (Å²) in [6.07, 6.45) is -1.67. The van der Waals surface area contributed by atoms with E-state index in [0.29, 0.717) is 33.5 Å². The molecule has 4 rings (SSSR count). The van der Waals surface area contributed by atoms with Gasteiger partial charge < -0.3 is 5.11 Å². The van der Waals surface area contributed by atoms with E-state index in [9.17, 15) is 27.9 Å². The Hall–Kier alpha value is -3.68. The lowest BCUT2D eigenvalue weighted by Crippen LogP contribution is -2.29. The van der Waals surface area contributed by atoms with E-state index in [1.165, 1.54) is 12.2 Å². The van der Waals surface area contributed by atoms with Gasteiger partial charge in [-0.2, -0.15) is 13.2 Å². The van der Waals surface area contributed by atoms with Crippen molar-refractivity contribution in [3.05, 3.63) is 76.6 Å². The van der Waals surface area contributed by atoms with E-state index in [0.717, 1.165) is 4.57 Å². The van der Waals surface area contributed by atoms with Crippen LogP contribution in [0.4, 0.5) is 13.2 Å². The van der Waals surface area contributed by atoms with E-state index in [1.807, 2.05) is 83.1 Å². The van der Waals surface area contributed by atoms with Crippen LogP contribution in [0.1, 0.15) is 100 Å². The van der Waals surface area contributed by atoms with E-state index in [4.69, 9.17) is 0 Å². The normalized spacial score (nSPS) is 15.2.